The Morgan fingerprint density at radius 1 is 0.625 bits per heavy atom. The summed E-state index contributed by atoms with van der Waals surface area (Å²) in [7, 11) is 0. The smallest absolute Gasteiger partial charge is 1.00 e. The number of aryl methyl sites for hydroxylation is 6. The van der Waals surface area contributed by atoms with Crippen molar-refractivity contribution >= 4 is 35.4 Å². The zero-order valence-electron chi connectivity index (χ0n) is 18.9. The molecule has 0 spiro atoms. The Labute approximate surface area is 218 Å². The number of benzene rings is 2. The van der Waals surface area contributed by atoms with Crippen molar-refractivity contribution in [2.75, 3.05) is 0 Å². The summed E-state index contributed by atoms with van der Waals surface area (Å²) in [4.78, 5) is 14.0. The van der Waals surface area contributed by atoms with E-state index in [4.69, 9.17) is 11.6 Å². The van der Waals surface area contributed by atoms with Crippen LogP contribution in [-0.2, 0) is 16.8 Å². The monoisotopic (exact) mass is 532 g/mol. The molecule has 1 radical (unpaired) electrons. The first-order valence-corrected chi connectivity index (χ1v) is 10.0. The summed E-state index contributed by atoms with van der Waals surface area (Å²) in [5.41, 5.74) is 10.4. The Balaban J connectivity index is 0.00000320. The Morgan fingerprint density at radius 3 is 1.25 bits per heavy atom. The number of aromatic nitrogens is 1. The van der Waals surface area contributed by atoms with Gasteiger partial charge in [-0.2, -0.15) is 0 Å². The molecule has 3 aromatic rings. The van der Waals surface area contributed by atoms with Crippen LogP contribution in [0.3, 0.4) is 0 Å². The fourth-order valence-electron chi connectivity index (χ4n) is 3.68. The van der Waals surface area contributed by atoms with Crippen LogP contribution in [-0.4, -0.2) is 17.4 Å². The maximum Gasteiger partial charge on any atom is 2.00 e. The minimum absolute atomic E-state index is 0. The predicted octanol–water partition coefficient (Wildman–Crippen LogP) is 1.09. The third-order valence-corrected chi connectivity index (χ3v) is 4.97. The van der Waals surface area contributed by atoms with Gasteiger partial charge in [0, 0.05) is 5.02 Å². The molecule has 171 valence electrons. The van der Waals surface area contributed by atoms with Crippen LogP contribution >= 0.6 is 11.6 Å². The zero-order chi connectivity index (χ0) is 21.1. The van der Waals surface area contributed by atoms with Crippen LogP contribution in [0.2, 0.25) is 5.02 Å². The molecule has 0 N–H and O–H groups in total. The summed E-state index contributed by atoms with van der Waals surface area (Å²) < 4.78 is 0. The molecule has 3 rings (SSSR count). The van der Waals surface area contributed by atoms with Crippen molar-refractivity contribution in [1.29, 1.82) is 0 Å². The van der Waals surface area contributed by atoms with E-state index in [-0.39, 0.29) is 41.6 Å². The maximum atomic E-state index is 6.32. The zero-order valence-corrected chi connectivity index (χ0v) is 22.2. The molecule has 2 aromatic carbocycles. The number of nitrogens with zero attached hydrogens (tertiary/aromatic N) is 3. The quantitative estimate of drug-likeness (QED) is 0.463. The SMILES string of the molecule is Cc1cc(C)c(N=Cc2cc(Cl)cc(C=Nc3c(C)cc(C)cc3C)n2)c(C)c1.[Cl-].[Cl-].[Co+2]. The summed E-state index contributed by atoms with van der Waals surface area (Å²) in [6.07, 6.45) is 3.52. The third-order valence-electron chi connectivity index (χ3n) is 4.75. The Bertz CT molecular complexity index is 1010. The van der Waals surface area contributed by atoms with Gasteiger partial charge >= 0.3 is 16.8 Å². The van der Waals surface area contributed by atoms with Gasteiger partial charge in [0.1, 0.15) is 0 Å². The van der Waals surface area contributed by atoms with Crippen molar-refractivity contribution < 1.29 is 41.6 Å². The maximum absolute atomic E-state index is 6.32. The van der Waals surface area contributed by atoms with Gasteiger partial charge in [-0.05, 0) is 75.9 Å². The number of aliphatic imine (C=N–C) groups is 2. The first-order chi connectivity index (χ1) is 13.7. The van der Waals surface area contributed by atoms with Gasteiger partial charge in [0.2, 0.25) is 0 Å². The van der Waals surface area contributed by atoms with E-state index < -0.39 is 0 Å². The normalized spacial score (nSPS) is 10.6. The minimum Gasteiger partial charge on any atom is -1.00 e. The van der Waals surface area contributed by atoms with Crippen molar-refractivity contribution in [1.82, 2.24) is 4.98 Å². The molecule has 1 heterocycles. The summed E-state index contributed by atoms with van der Waals surface area (Å²) in [6, 6.07) is 12.2. The van der Waals surface area contributed by atoms with Gasteiger partial charge in [-0.15, -0.1) is 0 Å². The van der Waals surface area contributed by atoms with Gasteiger partial charge < -0.3 is 24.8 Å². The predicted molar refractivity (Wildman–Crippen MR) is 125 cm³/mol. The van der Waals surface area contributed by atoms with E-state index >= 15 is 0 Å². The van der Waals surface area contributed by atoms with Gasteiger partial charge in [-0.25, -0.2) is 4.98 Å². The number of pyridine rings is 1. The topological polar surface area (TPSA) is 37.6 Å². The molecule has 1 aromatic heterocycles. The molecule has 32 heavy (non-hydrogen) atoms. The van der Waals surface area contributed by atoms with Crippen LogP contribution in [0.1, 0.15) is 44.8 Å². The van der Waals surface area contributed by atoms with Crippen LogP contribution < -0.4 is 24.8 Å². The van der Waals surface area contributed by atoms with Crippen LogP contribution in [0.5, 0.6) is 0 Å². The molecule has 0 bridgehead atoms. The number of hydrogen-bond acceptors (Lipinski definition) is 3. The average Bonchev–Trinajstić information content (AvgIpc) is 2.59. The molecular weight excluding hydrogens is 508 g/mol. The number of hydrogen-bond donors (Lipinski definition) is 0. The van der Waals surface area contributed by atoms with Crippen LogP contribution in [0.15, 0.2) is 46.4 Å². The van der Waals surface area contributed by atoms with Crippen LogP contribution in [0.25, 0.3) is 0 Å². The molecule has 0 aliphatic heterocycles. The molecule has 0 aliphatic rings. The van der Waals surface area contributed by atoms with Crippen molar-refractivity contribution in [3.8, 4) is 0 Å². The Hall–Kier alpha value is -1.69. The van der Waals surface area contributed by atoms with E-state index in [9.17, 15) is 0 Å². The molecule has 0 amide bonds. The summed E-state index contributed by atoms with van der Waals surface area (Å²) in [5, 5.41) is 0.609. The molecule has 7 heteroatoms. The fraction of sp³-hybridized carbons (Fsp3) is 0.240. The second-order valence-electron chi connectivity index (χ2n) is 7.65. The van der Waals surface area contributed by atoms with Crippen molar-refractivity contribution in [3.05, 3.63) is 86.2 Å². The second kappa shape index (κ2) is 13.1. The third kappa shape index (κ3) is 7.71. The van der Waals surface area contributed by atoms with Gasteiger partial charge in [-0.3, -0.25) is 9.98 Å². The fourth-order valence-corrected chi connectivity index (χ4v) is 3.91. The molecule has 0 aliphatic carbocycles. The first kappa shape index (κ1) is 30.3. The standard InChI is InChI=1S/C25H26ClN3.2ClH.Co/c1-15-7-17(3)24(18(4)8-15)27-13-22-11-21(26)12-23(29-22)14-28-25-19(5)9-16(2)10-20(25)6;;;/h7-14H,1-6H3;2*1H;/q;;;+2/p-2. The second-order valence-corrected chi connectivity index (χ2v) is 8.08. The van der Waals surface area contributed by atoms with Crippen molar-refractivity contribution in [2.45, 2.75) is 41.5 Å². The Kier molecular flexibility index (Phi) is 12.4. The molecule has 0 unspecified atom stereocenters. The molecule has 0 atom stereocenters. The van der Waals surface area contributed by atoms with Crippen LogP contribution in [0.4, 0.5) is 11.4 Å². The largest absolute Gasteiger partial charge is 2.00 e. The number of rotatable bonds is 4. The molecule has 0 fully saturated rings. The van der Waals surface area contributed by atoms with Gasteiger partial charge in [0.05, 0.1) is 35.2 Å². The van der Waals surface area contributed by atoms with Crippen LogP contribution in [0, 0.1) is 41.5 Å². The average molecular weight is 534 g/mol. The summed E-state index contributed by atoms with van der Waals surface area (Å²) in [5.74, 6) is 0. The number of halogens is 3. The van der Waals surface area contributed by atoms with Crippen molar-refractivity contribution in [3.63, 3.8) is 0 Å². The minimum atomic E-state index is 0. The first-order valence-electron chi connectivity index (χ1n) is 9.64. The van der Waals surface area contributed by atoms with Gasteiger partial charge in [0.25, 0.3) is 0 Å². The Morgan fingerprint density at radius 2 is 0.938 bits per heavy atom. The van der Waals surface area contributed by atoms with Gasteiger partial charge in [0.15, 0.2) is 0 Å². The molecule has 0 saturated carbocycles. The van der Waals surface area contributed by atoms with Gasteiger partial charge in [-0.1, -0.05) is 47.0 Å². The molecule has 0 saturated heterocycles. The van der Waals surface area contributed by atoms with Crippen molar-refractivity contribution in [2.24, 2.45) is 9.98 Å². The van der Waals surface area contributed by atoms with E-state index in [1.807, 2.05) is 12.1 Å². The molecule has 3 nitrogen and oxygen atoms in total. The summed E-state index contributed by atoms with van der Waals surface area (Å²) >= 11 is 6.32. The van der Waals surface area contributed by atoms with E-state index in [1.165, 1.54) is 11.1 Å². The van der Waals surface area contributed by atoms with E-state index in [0.29, 0.717) is 16.4 Å². The summed E-state index contributed by atoms with van der Waals surface area (Å²) in [6.45, 7) is 12.5. The van der Waals surface area contributed by atoms with E-state index in [2.05, 4.69) is 80.8 Å². The van der Waals surface area contributed by atoms with E-state index in [0.717, 1.165) is 33.6 Å². The molecular formula is C25H26Cl3CoN3. The van der Waals surface area contributed by atoms with E-state index in [1.54, 1.807) is 12.4 Å².